The number of hydrogen-bond donors (Lipinski definition) is 3. The zero-order chi connectivity index (χ0) is 20.0. The number of aryl methyl sites for hydroxylation is 1. The van der Waals surface area contributed by atoms with Gasteiger partial charge in [-0.25, -0.2) is 12.8 Å². The molecule has 0 aliphatic rings. The summed E-state index contributed by atoms with van der Waals surface area (Å²) < 4.78 is 41.1. The molecule has 6 nitrogen and oxygen atoms in total. The van der Waals surface area contributed by atoms with Gasteiger partial charge in [0.1, 0.15) is 5.82 Å². The number of likely N-dealkylation sites (N-methyl/N-ethyl adjacent to an activating group) is 1. The number of carbonyl (C=O) groups excluding carboxylic acids is 1. The number of nitrogens with one attached hydrogen (secondary N) is 3. The van der Waals surface area contributed by atoms with Gasteiger partial charge in [0.05, 0.1) is 10.6 Å². The zero-order valence-corrected chi connectivity index (χ0v) is 16.4. The van der Waals surface area contributed by atoms with E-state index in [2.05, 4.69) is 15.4 Å². The molecule has 146 valence electrons. The van der Waals surface area contributed by atoms with Gasteiger partial charge in [-0.15, -0.1) is 0 Å². The van der Waals surface area contributed by atoms with Crippen LogP contribution in [0.15, 0.2) is 47.4 Å². The van der Waals surface area contributed by atoms with Crippen LogP contribution in [0.2, 0.25) is 0 Å². The second kappa shape index (κ2) is 8.96. The molecule has 0 aliphatic carbocycles. The number of carbonyl (C=O) groups is 1. The Morgan fingerprint density at radius 2 is 1.89 bits per heavy atom. The molecular formula is C19H24FN3O3S. The highest BCUT2D eigenvalue weighted by atomic mass is 32.2. The van der Waals surface area contributed by atoms with Crippen LogP contribution in [-0.2, 0) is 10.0 Å². The Kier molecular flexibility index (Phi) is 6.92. The summed E-state index contributed by atoms with van der Waals surface area (Å²) in [5, 5.41) is 5.96. The minimum absolute atomic E-state index is 0.0916. The lowest BCUT2D eigenvalue weighted by Gasteiger charge is -2.15. The average Bonchev–Trinajstić information content (AvgIpc) is 2.62. The number of hydrogen-bond acceptors (Lipinski definition) is 4. The van der Waals surface area contributed by atoms with Gasteiger partial charge in [0.2, 0.25) is 0 Å². The molecule has 0 spiro atoms. The summed E-state index contributed by atoms with van der Waals surface area (Å²) in [6, 6.07) is 9.82. The molecule has 0 saturated heterocycles. The molecule has 0 fully saturated rings. The van der Waals surface area contributed by atoms with E-state index in [1.54, 1.807) is 13.0 Å². The smallest absolute Gasteiger partial charge is 0.262 e. The van der Waals surface area contributed by atoms with Crippen LogP contribution in [0, 0.1) is 12.7 Å². The van der Waals surface area contributed by atoms with Crippen LogP contribution < -0.4 is 15.4 Å². The van der Waals surface area contributed by atoms with Crippen LogP contribution in [0.1, 0.15) is 29.8 Å². The Morgan fingerprint density at radius 1 is 1.19 bits per heavy atom. The highest BCUT2D eigenvalue weighted by molar-refractivity contribution is 7.92. The van der Waals surface area contributed by atoms with Crippen molar-refractivity contribution in [2.75, 3.05) is 17.8 Å². The quantitative estimate of drug-likeness (QED) is 0.643. The fourth-order valence-corrected chi connectivity index (χ4v) is 3.62. The molecule has 1 atom stereocenters. The Morgan fingerprint density at radius 3 is 2.56 bits per heavy atom. The van der Waals surface area contributed by atoms with Crippen LogP contribution in [-0.4, -0.2) is 33.5 Å². The first-order valence-corrected chi connectivity index (χ1v) is 10.1. The van der Waals surface area contributed by atoms with Gasteiger partial charge in [-0.1, -0.05) is 25.1 Å². The minimum Gasteiger partial charge on any atom is -0.350 e. The highest BCUT2D eigenvalue weighted by Gasteiger charge is 2.19. The van der Waals surface area contributed by atoms with Gasteiger partial charge >= 0.3 is 0 Å². The van der Waals surface area contributed by atoms with Gasteiger partial charge in [0, 0.05) is 18.2 Å². The molecule has 8 heteroatoms. The summed E-state index contributed by atoms with van der Waals surface area (Å²) in [6.45, 7) is 6.83. The molecule has 0 heterocycles. The average molecular weight is 393 g/mol. The van der Waals surface area contributed by atoms with E-state index in [-0.39, 0.29) is 28.1 Å². The van der Waals surface area contributed by atoms with Gasteiger partial charge in [0.25, 0.3) is 15.9 Å². The van der Waals surface area contributed by atoms with E-state index in [1.807, 2.05) is 13.8 Å². The first-order chi connectivity index (χ1) is 12.7. The monoisotopic (exact) mass is 393 g/mol. The number of anilines is 1. The standard InChI is InChI=1S/C19H24FN3O3S/c1-4-21-14(3)12-22-19(24)16-11-15(10-9-13(16)2)27(25,26)23-18-8-6-5-7-17(18)20/h5-11,14,21,23H,4,12H2,1-3H3,(H,22,24)/t14-/m1/s1. The maximum Gasteiger partial charge on any atom is 0.262 e. The molecule has 0 bridgehead atoms. The first-order valence-electron chi connectivity index (χ1n) is 8.64. The predicted molar refractivity (Wildman–Crippen MR) is 104 cm³/mol. The number of amides is 1. The molecule has 0 radical (unpaired) electrons. The van der Waals surface area contributed by atoms with Crippen molar-refractivity contribution in [3.63, 3.8) is 0 Å². The van der Waals surface area contributed by atoms with Crippen LogP contribution in [0.25, 0.3) is 0 Å². The van der Waals surface area contributed by atoms with E-state index in [1.165, 1.54) is 30.3 Å². The molecule has 2 rings (SSSR count). The molecule has 0 saturated carbocycles. The van der Waals surface area contributed by atoms with Crippen molar-refractivity contribution in [1.82, 2.24) is 10.6 Å². The van der Waals surface area contributed by atoms with Crippen molar-refractivity contribution in [1.29, 1.82) is 0 Å². The Bertz CT molecular complexity index is 916. The number of rotatable bonds is 8. The lowest BCUT2D eigenvalue weighted by atomic mass is 10.1. The van der Waals surface area contributed by atoms with Crippen molar-refractivity contribution in [2.24, 2.45) is 0 Å². The molecule has 27 heavy (non-hydrogen) atoms. The van der Waals surface area contributed by atoms with E-state index < -0.39 is 15.8 Å². The van der Waals surface area contributed by atoms with Gasteiger partial charge in [-0.2, -0.15) is 0 Å². The van der Waals surface area contributed by atoms with Crippen molar-refractivity contribution >= 4 is 21.6 Å². The third kappa shape index (κ3) is 5.51. The number of benzene rings is 2. The summed E-state index contributed by atoms with van der Waals surface area (Å²) in [6.07, 6.45) is 0. The van der Waals surface area contributed by atoms with E-state index in [0.717, 1.165) is 12.6 Å². The van der Waals surface area contributed by atoms with E-state index in [9.17, 15) is 17.6 Å². The third-order valence-corrected chi connectivity index (χ3v) is 5.37. The summed E-state index contributed by atoms with van der Waals surface area (Å²) in [7, 11) is -4.03. The maximum absolute atomic E-state index is 13.7. The predicted octanol–water partition coefficient (Wildman–Crippen LogP) is 2.66. The number of halogens is 1. The molecule has 0 aromatic heterocycles. The number of para-hydroxylation sites is 1. The lowest BCUT2D eigenvalue weighted by Crippen LogP contribution is -2.39. The summed E-state index contributed by atoms with van der Waals surface area (Å²) in [4.78, 5) is 12.3. The van der Waals surface area contributed by atoms with E-state index >= 15 is 0 Å². The van der Waals surface area contributed by atoms with Gasteiger partial charge in [0.15, 0.2) is 0 Å². The molecule has 2 aromatic rings. The zero-order valence-electron chi connectivity index (χ0n) is 15.5. The molecule has 3 N–H and O–H groups in total. The largest absolute Gasteiger partial charge is 0.350 e. The Labute approximate surface area is 159 Å². The van der Waals surface area contributed by atoms with Crippen LogP contribution >= 0.6 is 0 Å². The van der Waals surface area contributed by atoms with Crippen LogP contribution in [0.5, 0.6) is 0 Å². The van der Waals surface area contributed by atoms with Crippen molar-refractivity contribution < 1.29 is 17.6 Å². The fraction of sp³-hybridized carbons (Fsp3) is 0.316. The van der Waals surface area contributed by atoms with Crippen LogP contribution in [0.4, 0.5) is 10.1 Å². The molecule has 1 amide bonds. The SMILES string of the molecule is CCN[C@H](C)CNC(=O)c1cc(S(=O)(=O)Nc2ccccc2F)ccc1C. The fourth-order valence-electron chi connectivity index (χ4n) is 2.52. The normalized spacial score (nSPS) is 12.4. The molecule has 0 aliphatic heterocycles. The Hall–Kier alpha value is -2.45. The van der Waals surface area contributed by atoms with Crippen molar-refractivity contribution in [3.05, 3.63) is 59.4 Å². The van der Waals surface area contributed by atoms with Gasteiger partial charge in [-0.05, 0) is 50.2 Å². The minimum atomic E-state index is -4.03. The molecule has 2 aromatic carbocycles. The first kappa shape index (κ1) is 20.9. The summed E-state index contributed by atoms with van der Waals surface area (Å²) in [5.41, 5.74) is 0.757. The van der Waals surface area contributed by atoms with Crippen molar-refractivity contribution in [2.45, 2.75) is 31.7 Å². The van der Waals surface area contributed by atoms with E-state index in [0.29, 0.717) is 12.1 Å². The number of sulfonamides is 1. The summed E-state index contributed by atoms with van der Waals surface area (Å²) in [5.74, 6) is -1.04. The van der Waals surface area contributed by atoms with Gasteiger partial charge < -0.3 is 10.6 Å². The van der Waals surface area contributed by atoms with Gasteiger partial charge in [-0.3, -0.25) is 9.52 Å². The lowest BCUT2D eigenvalue weighted by molar-refractivity contribution is 0.0949. The molecule has 0 unspecified atom stereocenters. The topological polar surface area (TPSA) is 87.3 Å². The van der Waals surface area contributed by atoms with E-state index in [4.69, 9.17) is 0 Å². The third-order valence-electron chi connectivity index (χ3n) is 4.00. The highest BCUT2D eigenvalue weighted by Crippen LogP contribution is 2.21. The molecular weight excluding hydrogens is 369 g/mol. The second-order valence-corrected chi connectivity index (χ2v) is 7.91. The Balaban J connectivity index is 2.23. The maximum atomic E-state index is 13.7. The summed E-state index contributed by atoms with van der Waals surface area (Å²) >= 11 is 0. The van der Waals surface area contributed by atoms with Crippen LogP contribution in [0.3, 0.4) is 0 Å². The second-order valence-electron chi connectivity index (χ2n) is 6.23. The van der Waals surface area contributed by atoms with Crippen molar-refractivity contribution in [3.8, 4) is 0 Å².